The van der Waals surface area contributed by atoms with Gasteiger partial charge in [-0.05, 0) is 39.3 Å². The van der Waals surface area contributed by atoms with Gasteiger partial charge in [0.25, 0.3) is 5.91 Å². The number of aryl methyl sites for hydroxylation is 1. The fourth-order valence-electron chi connectivity index (χ4n) is 2.47. The van der Waals surface area contributed by atoms with Gasteiger partial charge in [0, 0.05) is 6.54 Å². The summed E-state index contributed by atoms with van der Waals surface area (Å²) in [6, 6.07) is 1.86. The van der Waals surface area contributed by atoms with Crippen LogP contribution in [0.1, 0.15) is 42.0 Å². The Morgan fingerprint density at radius 3 is 2.48 bits per heavy atom. The molecule has 0 bridgehead atoms. The average Bonchev–Trinajstić information content (AvgIpc) is 2.44. The zero-order valence-corrected chi connectivity index (χ0v) is 13.0. The second-order valence-corrected chi connectivity index (χ2v) is 5.53. The van der Waals surface area contributed by atoms with Crippen molar-refractivity contribution in [2.24, 2.45) is 0 Å². The van der Waals surface area contributed by atoms with Gasteiger partial charge in [-0.25, -0.2) is 9.78 Å². The lowest BCUT2D eigenvalue weighted by Gasteiger charge is -2.48. The third-order valence-corrected chi connectivity index (χ3v) is 3.98. The molecule has 1 aromatic rings. The van der Waals surface area contributed by atoms with E-state index in [1.54, 1.807) is 13.8 Å². The number of carbonyl (C=O) groups is 2. The number of hydrogen-bond donors (Lipinski definition) is 0. The Morgan fingerprint density at radius 2 is 2.04 bits per heavy atom. The number of aromatic nitrogens is 1. The molecule has 1 amide bonds. The maximum absolute atomic E-state index is 12.6. The van der Waals surface area contributed by atoms with E-state index in [1.165, 1.54) is 11.8 Å². The van der Waals surface area contributed by atoms with Crippen LogP contribution >= 0.6 is 0 Å². The molecule has 2 rings (SSSR count). The Kier molecular flexibility index (Phi) is 4.37. The number of nitrogens with zero attached hydrogens (tertiary/aromatic N) is 2. The highest BCUT2D eigenvalue weighted by atomic mass is 19.4. The molecule has 0 saturated carbocycles. The van der Waals surface area contributed by atoms with Crippen LogP contribution in [-0.4, -0.2) is 40.5 Å². The molecule has 5 nitrogen and oxygen atoms in total. The number of alkyl halides is 3. The monoisotopic (exact) mass is 330 g/mol. The van der Waals surface area contributed by atoms with Crippen LogP contribution in [-0.2, 0) is 15.7 Å². The number of likely N-dealkylation sites (tertiary alicyclic amines) is 1. The molecule has 2 heterocycles. The highest BCUT2D eigenvalue weighted by Crippen LogP contribution is 2.34. The Hall–Kier alpha value is -2.12. The van der Waals surface area contributed by atoms with Crippen molar-refractivity contribution in [1.82, 2.24) is 9.88 Å². The summed E-state index contributed by atoms with van der Waals surface area (Å²) in [5.74, 6) is -1.04. The zero-order valence-electron chi connectivity index (χ0n) is 13.0. The summed E-state index contributed by atoms with van der Waals surface area (Å²) in [6.45, 7) is 5.12. The molecule has 0 N–H and O–H groups in total. The molecule has 1 aliphatic heterocycles. The van der Waals surface area contributed by atoms with Gasteiger partial charge in [-0.3, -0.25) is 4.79 Å². The number of esters is 1. The summed E-state index contributed by atoms with van der Waals surface area (Å²) >= 11 is 0. The van der Waals surface area contributed by atoms with Gasteiger partial charge in [0.15, 0.2) is 0 Å². The summed E-state index contributed by atoms with van der Waals surface area (Å²) in [5.41, 5.74) is -2.11. The summed E-state index contributed by atoms with van der Waals surface area (Å²) in [7, 11) is 0. The van der Waals surface area contributed by atoms with Crippen molar-refractivity contribution in [3.05, 3.63) is 29.1 Å². The average molecular weight is 330 g/mol. The number of ether oxygens (including phenoxy) is 1. The van der Waals surface area contributed by atoms with Gasteiger partial charge < -0.3 is 9.64 Å². The smallest absolute Gasteiger partial charge is 0.433 e. The normalized spacial score (nSPS) is 20.9. The predicted octanol–water partition coefficient (Wildman–Crippen LogP) is 2.58. The molecule has 0 radical (unpaired) electrons. The Labute approximate surface area is 131 Å². The van der Waals surface area contributed by atoms with E-state index in [2.05, 4.69) is 4.98 Å². The molecule has 1 unspecified atom stereocenters. The van der Waals surface area contributed by atoms with Crippen LogP contribution in [0.2, 0.25) is 0 Å². The molecule has 1 atom stereocenters. The predicted molar refractivity (Wildman–Crippen MR) is 74.7 cm³/mol. The lowest BCUT2D eigenvalue weighted by atomic mass is 9.85. The van der Waals surface area contributed by atoms with Gasteiger partial charge in [-0.1, -0.05) is 0 Å². The van der Waals surface area contributed by atoms with Gasteiger partial charge in [-0.2, -0.15) is 13.2 Å². The molecule has 1 aromatic heterocycles. The second kappa shape index (κ2) is 5.82. The molecule has 0 aromatic carbocycles. The van der Waals surface area contributed by atoms with Crippen LogP contribution in [0, 0.1) is 6.92 Å². The van der Waals surface area contributed by atoms with Crippen LogP contribution in [0.25, 0.3) is 0 Å². The van der Waals surface area contributed by atoms with E-state index in [0.717, 1.165) is 12.1 Å². The molecular weight excluding hydrogens is 313 g/mol. The molecule has 23 heavy (non-hydrogen) atoms. The minimum atomic E-state index is -4.57. The summed E-state index contributed by atoms with van der Waals surface area (Å²) in [6.07, 6.45) is -4.12. The molecule has 1 saturated heterocycles. The largest absolute Gasteiger partial charge is 0.464 e. The Bertz CT molecular complexity index is 645. The van der Waals surface area contributed by atoms with Crippen molar-refractivity contribution in [2.75, 3.05) is 13.2 Å². The molecular formula is C15H17F3N2O3. The van der Waals surface area contributed by atoms with Crippen LogP contribution in [0.4, 0.5) is 13.2 Å². The molecule has 1 fully saturated rings. The summed E-state index contributed by atoms with van der Waals surface area (Å²) in [5, 5.41) is 0. The van der Waals surface area contributed by atoms with Crippen LogP contribution in [0.3, 0.4) is 0 Å². The van der Waals surface area contributed by atoms with Crippen LogP contribution in [0.5, 0.6) is 0 Å². The minimum Gasteiger partial charge on any atom is -0.464 e. The first-order valence-corrected chi connectivity index (χ1v) is 7.15. The summed E-state index contributed by atoms with van der Waals surface area (Å²) in [4.78, 5) is 29.3. The topological polar surface area (TPSA) is 59.5 Å². The second-order valence-electron chi connectivity index (χ2n) is 5.53. The number of halogens is 3. The molecule has 0 aliphatic carbocycles. The number of carbonyl (C=O) groups excluding carboxylic acids is 2. The Morgan fingerprint density at radius 1 is 1.39 bits per heavy atom. The molecule has 0 spiro atoms. The van der Waals surface area contributed by atoms with E-state index < -0.39 is 29.3 Å². The zero-order chi connectivity index (χ0) is 17.4. The maximum Gasteiger partial charge on any atom is 0.433 e. The first kappa shape index (κ1) is 17.2. The fourth-order valence-corrected chi connectivity index (χ4v) is 2.47. The molecule has 126 valence electrons. The van der Waals surface area contributed by atoms with E-state index in [4.69, 9.17) is 4.74 Å². The molecule has 1 aliphatic rings. The van der Waals surface area contributed by atoms with Crippen molar-refractivity contribution >= 4 is 11.9 Å². The minimum absolute atomic E-state index is 0.0251. The highest BCUT2D eigenvalue weighted by molar-refractivity contribution is 6.00. The molecule has 8 heteroatoms. The quantitative estimate of drug-likeness (QED) is 0.799. The van der Waals surface area contributed by atoms with Gasteiger partial charge in [0.1, 0.15) is 11.2 Å². The lowest BCUT2D eigenvalue weighted by Crippen LogP contribution is -2.65. The van der Waals surface area contributed by atoms with Crippen molar-refractivity contribution in [2.45, 2.75) is 38.9 Å². The number of hydrogen-bond acceptors (Lipinski definition) is 4. The van der Waals surface area contributed by atoms with Crippen molar-refractivity contribution in [1.29, 1.82) is 0 Å². The van der Waals surface area contributed by atoms with Gasteiger partial charge >= 0.3 is 12.1 Å². The third-order valence-electron chi connectivity index (χ3n) is 3.98. The number of rotatable bonds is 3. The maximum atomic E-state index is 12.6. The first-order valence-electron chi connectivity index (χ1n) is 7.15. The van der Waals surface area contributed by atoms with E-state index in [1.807, 2.05) is 0 Å². The SMILES string of the molecule is CCOC(=O)C1(C)CCN1C(=O)c1ccc(C(F)(F)F)nc1C. The summed E-state index contributed by atoms with van der Waals surface area (Å²) < 4.78 is 42.9. The van der Waals surface area contributed by atoms with Crippen molar-refractivity contribution in [3.8, 4) is 0 Å². The number of pyridine rings is 1. The van der Waals surface area contributed by atoms with Gasteiger partial charge in [0.2, 0.25) is 0 Å². The van der Waals surface area contributed by atoms with E-state index >= 15 is 0 Å². The highest BCUT2D eigenvalue weighted by Gasteiger charge is 2.51. The Balaban J connectivity index is 2.26. The third kappa shape index (κ3) is 3.02. The first-order chi connectivity index (χ1) is 10.6. The standard InChI is InChI=1S/C15H17F3N2O3/c1-4-23-13(22)14(3)7-8-20(14)12(21)10-5-6-11(15(16,17)18)19-9(10)2/h5-6H,4,7-8H2,1-3H3. The van der Waals surface area contributed by atoms with E-state index in [9.17, 15) is 22.8 Å². The fraction of sp³-hybridized carbons (Fsp3) is 0.533. The van der Waals surface area contributed by atoms with Gasteiger partial charge in [-0.15, -0.1) is 0 Å². The van der Waals surface area contributed by atoms with Crippen LogP contribution < -0.4 is 0 Å². The number of amides is 1. The van der Waals surface area contributed by atoms with E-state index in [0.29, 0.717) is 13.0 Å². The lowest BCUT2D eigenvalue weighted by molar-refractivity contribution is -0.162. The van der Waals surface area contributed by atoms with E-state index in [-0.39, 0.29) is 17.9 Å². The van der Waals surface area contributed by atoms with Crippen molar-refractivity contribution < 1.29 is 27.5 Å². The van der Waals surface area contributed by atoms with Crippen LogP contribution in [0.15, 0.2) is 12.1 Å². The van der Waals surface area contributed by atoms with Gasteiger partial charge in [0.05, 0.1) is 17.9 Å². The van der Waals surface area contributed by atoms with Crippen molar-refractivity contribution in [3.63, 3.8) is 0 Å².